The molecule has 0 aromatic heterocycles. The number of benzene rings is 1. The molecule has 24 heavy (non-hydrogen) atoms. The standard InChI is InChI=1S/C18H21N3O3/c22-16-11-14-10-13(4-5-15(14)19-16)18(24)21-8-6-20(7-9-21)17(23)12-2-1-3-12/h4-5,10,12H,1-3,6-9,11H2,(H,19,22). The Labute approximate surface area is 140 Å². The summed E-state index contributed by atoms with van der Waals surface area (Å²) < 4.78 is 0. The number of amides is 3. The van der Waals surface area contributed by atoms with E-state index in [1.807, 2.05) is 11.0 Å². The van der Waals surface area contributed by atoms with Crippen LogP contribution in [-0.2, 0) is 16.0 Å². The van der Waals surface area contributed by atoms with Gasteiger partial charge in [0.2, 0.25) is 11.8 Å². The number of piperazine rings is 1. The van der Waals surface area contributed by atoms with Crippen LogP contribution >= 0.6 is 0 Å². The fourth-order valence-electron chi connectivity index (χ4n) is 3.59. The molecule has 3 aliphatic rings. The lowest BCUT2D eigenvalue weighted by Gasteiger charge is -2.38. The van der Waals surface area contributed by atoms with E-state index in [2.05, 4.69) is 5.32 Å². The van der Waals surface area contributed by atoms with Crippen LogP contribution in [0.4, 0.5) is 5.69 Å². The molecule has 0 spiro atoms. The van der Waals surface area contributed by atoms with Crippen molar-refractivity contribution in [3.05, 3.63) is 29.3 Å². The molecule has 1 saturated carbocycles. The average molecular weight is 327 g/mol. The van der Waals surface area contributed by atoms with Crippen LogP contribution in [0.5, 0.6) is 0 Å². The molecule has 4 rings (SSSR count). The number of hydrogen-bond acceptors (Lipinski definition) is 3. The highest BCUT2D eigenvalue weighted by Crippen LogP contribution is 2.29. The Hall–Kier alpha value is -2.37. The van der Waals surface area contributed by atoms with E-state index in [0.29, 0.717) is 38.2 Å². The lowest BCUT2D eigenvalue weighted by molar-refractivity contribution is -0.139. The summed E-state index contributed by atoms with van der Waals surface area (Å²) in [5, 5.41) is 2.77. The highest BCUT2D eigenvalue weighted by atomic mass is 16.2. The molecule has 2 aliphatic heterocycles. The zero-order chi connectivity index (χ0) is 16.7. The Morgan fingerprint density at radius 3 is 2.42 bits per heavy atom. The predicted molar refractivity (Wildman–Crippen MR) is 88.6 cm³/mol. The zero-order valence-electron chi connectivity index (χ0n) is 13.6. The van der Waals surface area contributed by atoms with Gasteiger partial charge >= 0.3 is 0 Å². The second kappa shape index (κ2) is 5.92. The van der Waals surface area contributed by atoms with Crippen molar-refractivity contribution in [2.45, 2.75) is 25.7 Å². The SMILES string of the molecule is O=C1Cc2cc(C(=O)N3CCN(C(=O)C4CCC4)CC3)ccc2N1. The number of nitrogens with zero attached hydrogens (tertiary/aromatic N) is 2. The summed E-state index contributed by atoms with van der Waals surface area (Å²) in [5.74, 6) is 0.426. The maximum absolute atomic E-state index is 12.7. The molecule has 1 N–H and O–H groups in total. The summed E-state index contributed by atoms with van der Waals surface area (Å²) in [6.07, 6.45) is 3.52. The highest BCUT2D eigenvalue weighted by Gasteiger charge is 2.32. The molecular weight excluding hydrogens is 306 g/mol. The first-order chi connectivity index (χ1) is 11.6. The van der Waals surface area contributed by atoms with Crippen molar-refractivity contribution in [3.63, 3.8) is 0 Å². The van der Waals surface area contributed by atoms with Gasteiger partial charge in [-0.25, -0.2) is 0 Å². The maximum atomic E-state index is 12.7. The molecular formula is C18H21N3O3. The Balaban J connectivity index is 1.39. The largest absolute Gasteiger partial charge is 0.339 e. The van der Waals surface area contributed by atoms with Crippen LogP contribution in [0.2, 0.25) is 0 Å². The maximum Gasteiger partial charge on any atom is 0.253 e. The first-order valence-corrected chi connectivity index (χ1v) is 8.62. The summed E-state index contributed by atoms with van der Waals surface area (Å²) in [5.41, 5.74) is 2.29. The number of hydrogen-bond donors (Lipinski definition) is 1. The Bertz CT molecular complexity index is 703. The number of nitrogens with one attached hydrogen (secondary N) is 1. The van der Waals surface area contributed by atoms with Gasteiger partial charge in [-0.15, -0.1) is 0 Å². The van der Waals surface area contributed by atoms with Crippen molar-refractivity contribution in [1.29, 1.82) is 0 Å². The molecule has 0 atom stereocenters. The van der Waals surface area contributed by atoms with Gasteiger partial charge in [0.1, 0.15) is 0 Å². The quantitative estimate of drug-likeness (QED) is 0.889. The van der Waals surface area contributed by atoms with Gasteiger partial charge in [-0.1, -0.05) is 6.42 Å². The fraction of sp³-hybridized carbons (Fsp3) is 0.500. The molecule has 0 radical (unpaired) electrons. The van der Waals surface area contributed by atoms with Crippen LogP contribution in [0.3, 0.4) is 0 Å². The van der Waals surface area contributed by atoms with Crippen molar-refractivity contribution >= 4 is 23.4 Å². The summed E-state index contributed by atoms with van der Waals surface area (Å²) in [4.78, 5) is 40.1. The van der Waals surface area contributed by atoms with Gasteiger partial charge in [0.25, 0.3) is 5.91 Å². The number of anilines is 1. The van der Waals surface area contributed by atoms with Gasteiger partial charge in [-0.2, -0.15) is 0 Å². The molecule has 3 amide bonds. The number of carbonyl (C=O) groups is 3. The van der Waals surface area contributed by atoms with E-state index in [1.54, 1.807) is 17.0 Å². The summed E-state index contributed by atoms with van der Waals surface area (Å²) in [7, 11) is 0. The van der Waals surface area contributed by atoms with Gasteiger partial charge in [0.15, 0.2) is 0 Å². The van der Waals surface area contributed by atoms with Gasteiger partial charge in [0.05, 0.1) is 6.42 Å². The minimum absolute atomic E-state index is 0.0205. The van der Waals surface area contributed by atoms with E-state index >= 15 is 0 Å². The van der Waals surface area contributed by atoms with Crippen LogP contribution in [0.25, 0.3) is 0 Å². The van der Waals surface area contributed by atoms with Gasteiger partial charge < -0.3 is 15.1 Å². The van der Waals surface area contributed by atoms with Crippen LogP contribution in [-0.4, -0.2) is 53.7 Å². The van der Waals surface area contributed by atoms with Crippen molar-refractivity contribution in [1.82, 2.24) is 9.80 Å². The number of rotatable bonds is 2. The highest BCUT2D eigenvalue weighted by molar-refractivity contribution is 6.01. The molecule has 2 fully saturated rings. The molecule has 126 valence electrons. The van der Waals surface area contributed by atoms with E-state index in [9.17, 15) is 14.4 Å². The first kappa shape index (κ1) is 15.2. The summed E-state index contributed by atoms with van der Waals surface area (Å²) in [6, 6.07) is 5.37. The normalized spacial score (nSPS) is 20.4. The van der Waals surface area contributed by atoms with Crippen molar-refractivity contribution in [3.8, 4) is 0 Å². The van der Waals surface area contributed by atoms with E-state index in [0.717, 1.165) is 30.5 Å². The van der Waals surface area contributed by atoms with E-state index in [-0.39, 0.29) is 23.6 Å². The van der Waals surface area contributed by atoms with Crippen molar-refractivity contribution < 1.29 is 14.4 Å². The zero-order valence-corrected chi connectivity index (χ0v) is 13.6. The minimum Gasteiger partial charge on any atom is -0.339 e. The second-order valence-electron chi connectivity index (χ2n) is 6.84. The lowest BCUT2D eigenvalue weighted by Crippen LogP contribution is -2.52. The smallest absolute Gasteiger partial charge is 0.253 e. The number of fused-ring (bicyclic) bond motifs is 1. The molecule has 0 unspecified atom stereocenters. The third-order valence-electron chi connectivity index (χ3n) is 5.31. The van der Waals surface area contributed by atoms with E-state index in [4.69, 9.17) is 0 Å². The van der Waals surface area contributed by atoms with Crippen molar-refractivity contribution in [2.24, 2.45) is 5.92 Å². The lowest BCUT2D eigenvalue weighted by atomic mass is 9.84. The molecule has 1 aromatic rings. The minimum atomic E-state index is -0.0299. The molecule has 6 heteroatoms. The van der Waals surface area contributed by atoms with E-state index in [1.165, 1.54) is 0 Å². The average Bonchev–Trinajstić information content (AvgIpc) is 2.91. The van der Waals surface area contributed by atoms with Gasteiger partial charge in [-0.3, -0.25) is 14.4 Å². The van der Waals surface area contributed by atoms with Crippen LogP contribution < -0.4 is 5.32 Å². The molecule has 1 aromatic carbocycles. The predicted octanol–water partition coefficient (Wildman–Crippen LogP) is 1.27. The fourth-order valence-corrected chi connectivity index (χ4v) is 3.59. The molecule has 1 aliphatic carbocycles. The van der Waals surface area contributed by atoms with Crippen LogP contribution in [0.1, 0.15) is 35.2 Å². The molecule has 0 bridgehead atoms. The third kappa shape index (κ3) is 2.66. The molecule has 2 heterocycles. The second-order valence-corrected chi connectivity index (χ2v) is 6.84. The van der Waals surface area contributed by atoms with Crippen LogP contribution in [0.15, 0.2) is 18.2 Å². The Kier molecular flexibility index (Phi) is 3.75. The van der Waals surface area contributed by atoms with E-state index < -0.39 is 0 Å². The third-order valence-corrected chi connectivity index (χ3v) is 5.31. The topological polar surface area (TPSA) is 69.7 Å². The summed E-state index contributed by atoms with van der Waals surface area (Å²) in [6.45, 7) is 2.38. The Morgan fingerprint density at radius 2 is 1.75 bits per heavy atom. The van der Waals surface area contributed by atoms with Gasteiger partial charge in [-0.05, 0) is 36.6 Å². The molecule has 1 saturated heterocycles. The van der Waals surface area contributed by atoms with Crippen LogP contribution in [0, 0.1) is 5.92 Å². The molecule has 6 nitrogen and oxygen atoms in total. The van der Waals surface area contributed by atoms with Gasteiger partial charge in [0, 0.05) is 43.3 Å². The number of carbonyl (C=O) groups excluding carboxylic acids is 3. The summed E-state index contributed by atoms with van der Waals surface area (Å²) >= 11 is 0. The Morgan fingerprint density at radius 1 is 1.04 bits per heavy atom. The first-order valence-electron chi connectivity index (χ1n) is 8.62. The van der Waals surface area contributed by atoms with Crippen molar-refractivity contribution in [2.75, 3.05) is 31.5 Å². The monoisotopic (exact) mass is 327 g/mol.